The third kappa shape index (κ3) is 3.48. The fraction of sp³-hybridized carbons (Fsp3) is 0.381. The van der Waals surface area contributed by atoms with E-state index >= 15 is 0 Å². The molecule has 9 heteroatoms. The minimum absolute atomic E-state index is 0.0397. The standard InChI is InChI=1S/C21H23N3O5S/c1-15-6-5-7-18(20(15)24(26)27)21(25)23-13-10-16-14-17(8-9-19(16)23)30(28,29)22-11-3-2-4-12-22/h5-9,14H,2-4,10-13H2,1H3. The van der Waals surface area contributed by atoms with Crippen LogP contribution in [0.3, 0.4) is 0 Å². The van der Waals surface area contributed by atoms with E-state index in [2.05, 4.69) is 0 Å². The summed E-state index contributed by atoms with van der Waals surface area (Å²) in [6, 6.07) is 9.49. The van der Waals surface area contributed by atoms with E-state index < -0.39 is 20.9 Å². The zero-order valence-corrected chi connectivity index (χ0v) is 17.5. The molecule has 158 valence electrons. The first-order valence-electron chi connectivity index (χ1n) is 9.99. The first-order valence-corrected chi connectivity index (χ1v) is 11.4. The molecule has 0 radical (unpaired) electrons. The van der Waals surface area contributed by atoms with Crippen molar-refractivity contribution in [1.29, 1.82) is 0 Å². The van der Waals surface area contributed by atoms with Crippen molar-refractivity contribution in [2.24, 2.45) is 0 Å². The highest BCUT2D eigenvalue weighted by Crippen LogP contribution is 2.34. The van der Waals surface area contributed by atoms with E-state index in [1.807, 2.05) is 0 Å². The molecule has 0 atom stereocenters. The average Bonchev–Trinajstić information content (AvgIpc) is 3.16. The van der Waals surface area contributed by atoms with Crippen molar-refractivity contribution >= 4 is 27.3 Å². The minimum atomic E-state index is -3.56. The predicted molar refractivity (Wildman–Crippen MR) is 112 cm³/mol. The molecule has 0 aromatic heterocycles. The van der Waals surface area contributed by atoms with Crippen LogP contribution in [-0.4, -0.2) is 43.2 Å². The fourth-order valence-corrected chi connectivity index (χ4v) is 5.79. The number of piperidine rings is 1. The molecule has 0 saturated carbocycles. The molecule has 0 N–H and O–H groups in total. The molecule has 1 fully saturated rings. The van der Waals surface area contributed by atoms with E-state index in [1.54, 1.807) is 31.2 Å². The maximum atomic E-state index is 13.1. The molecule has 2 aliphatic heterocycles. The maximum Gasteiger partial charge on any atom is 0.285 e. The first-order chi connectivity index (χ1) is 14.3. The number of anilines is 1. The van der Waals surface area contributed by atoms with Crippen LogP contribution in [0.4, 0.5) is 11.4 Å². The van der Waals surface area contributed by atoms with Crippen molar-refractivity contribution in [2.75, 3.05) is 24.5 Å². The third-order valence-corrected chi connectivity index (χ3v) is 7.69. The van der Waals surface area contributed by atoms with Gasteiger partial charge < -0.3 is 4.90 Å². The smallest absolute Gasteiger partial charge is 0.285 e. The zero-order valence-electron chi connectivity index (χ0n) is 16.7. The number of hydrogen-bond donors (Lipinski definition) is 0. The molecular formula is C21H23N3O5S. The van der Waals surface area contributed by atoms with Crippen LogP contribution in [0.15, 0.2) is 41.3 Å². The minimum Gasteiger partial charge on any atom is -0.308 e. The summed E-state index contributed by atoms with van der Waals surface area (Å²) >= 11 is 0. The lowest BCUT2D eigenvalue weighted by molar-refractivity contribution is -0.385. The number of rotatable bonds is 4. The van der Waals surface area contributed by atoms with Crippen molar-refractivity contribution < 1.29 is 18.1 Å². The van der Waals surface area contributed by atoms with E-state index in [1.165, 1.54) is 21.3 Å². The number of benzene rings is 2. The highest BCUT2D eigenvalue weighted by atomic mass is 32.2. The number of carbonyl (C=O) groups excluding carboxylic acids is 1. The second kappa shape index (κ2) is 7.81. The summed E-state index contributed by atoms with van der Waals surface area (Å²) in [5.74, 6) is -0.448. The van der Waals surface area contributed by atoms with E-state index in [-0.39, 0.29) is 16.1 Å². The average molecular weight is 429 g/mol. The van der Waals surface area contributed by atoms with Crippen LogP contribution in [0.25, 0.3) is 0 Å². The van der Waals surface area contributed by atoms with Crippen molar-refractivity contribution in [1.82, 2.24) is 4.31 Å². The molecule has 0 spiro atoms. The monoisotopic (exact) mass is 429 g/mol. The topological polar surface area (TPSA) is 101 Å². The predicted octanol–water partition coefficient (Wildman–Crippen LogP) is 3.28. The van der Waals surface area contributed by atoms with Crippen molar-refractivity contribution in [3.8, 4) is 0 Å². The first kappa shape index (κ1) is 20.5. The molecule has 2 heterocycles. The lowest BCUT2D eigenvalue weighted by Gasteiger charge is -2.26. The highest BCUT2D eigenvalue weighted by molar-refractivity contribution is 7.89. The summed E-state index contributed by atoms with van der Waals surface area (Å²) in [5.41, 5.74) is 1.64. The number of sulfonamides is 1. The van der Waals surface area contributed by atoms with Gasteiger partial charge >= 0.3 is 0 Å². The third-order valence-electron chi connectivity index (χ3n) is 5.80. The summed E-state index contributed by atoms with van der Waals surface area (Å²) in [6.45, 7) is 3.01. The van der Waals surface area contributed by atoms with Crippen LogP contribution in [0.1, 0.15) is 40.7 Å². The lowest BCUT2D eigenvalue weighted by atomic mass is 10.1. The molecule has 4 rings (SSSR count). The van der Waals surface area contributed by atoms with Crippen LogP contribution in [0.2, 0.25) is 0 Å². The number of hydrogen-bond acceptors (Lipinski definition) is 5. The molecule has 0 unspecified atom stereocenters. The number of aryl methyl sites for hydroxylation is 1. The summed E-state index contributed by atoms with van der Waals surface area (Å²) < 4.78 is 27.4. The Morgan fingerprint density at radius 3 is 2.50 bits per heavy atom. The molecular weight excluding hydrogens is 406 g/mol. The molecule has 1 amide bonds. The van der Waals surface area contributed by atoms with Gasteiger partial charge in [0.2, 0.25) is 10.0 Å². The molecule has 2 aliphatic rings. The Bertz CT molecular complexity index is 1120. The van der Waals surface area contributed by atoms with Gasteiger partial charge in [0.05, 0.1) is 9.82 Å². The number of para-hydroxylation sites is 1. The van der Waals surface area contributed by atoms with Crippen LogP contribution in [0.5, 0.6) is 0 Å². The van der Waals surface area contributed by atoms with Gasteiger partial charge in [-0.25, -0.2) is 8.42 Å². The molecule has 0 bridgehead atoms. The van der Waals surface area contributed by atoms with E-state index in [0.717, 1.165) is 24.8 Å². The summed E-state index contributed by atoms with van der Waals surface area (Å²) in [4.78, 5) is 25.8. The zero-order chi connectivity index (χ0) is 21.5. The summed E-state index contributed by atoms with van der Waals surface area (Å²) in [6.07, 6.45) is 3.27. The van der Waals surface area contributed by atoms with Crippen LogP contribution >= 0.6 is 0 Å². The van der Waals surface area contributed by atoms with Gasteiger partial charge in [-0.05, 0) is 56.0 Å². The van der Waals surface area contributed by atoms with Crippen LogP contribution in [-0.2, 0) is 16.4 Å². The lowest BCUT2D eigenvalue weighted by Crippen LogP contribution is -2.35. The summed E-state index contributed by atoms with van der Waals surface area (Å²) in [7, 11) is -3.56. The Morgan fingerprint density at radius 1 is 1.07 bits per heavy atom. The van der Waals surface area contributed by atoms with Gasteiger partial charge in [0.15, 0.2) is 0 Å². The molecule has 30 heavy (non-hydrogen) atoms. The molecule has 1 saturated heterocycles. The number of fused-ring (bicyclic) bond motifs is 1. The molecule has 2 aromatic carbocycles. The second-order valence-corrected chi connectivity index (χ2v) is 9.63. The Hall–Kier alpha value is -2.78. The molecule has 2 aromatic rings. The molecule has 0 aliphatic carbocycles. The van der Waals surface area contributed by atoms with Crippen LogP contribution < -0.4 is 4.90 Å². The normalized spacial score (nSPS) is 17.0. The van der Waals surface area contributed by atoms with E-state index in [9.17, 15) is 23.3 Å². The van der Waals surface area contributed by atoms with Gasteiger partial charge in [-0.3, -0.25) is 14.9 Å². The number of carbonyl (C=O) groups is 1. The van der Waals surface area contributed by atoms with Gasteiger partial charge in [0.1, 0.15) is 5.56 Å². The van der Waals surface area contributed by atoms with Gasteiger partial charge in [-0.2, -0.15) is 4.31 Å². The maximum absolute atomic E-state index is 13.1. The van der Waals surface area contributed by atoms with E-state index in [4.69, 9.17) is 0 Å². The van der Waals surface area contributed by atoms with Gasteiger partial charge in [-0.1, -0.05) is 18.6 Å². The van der Waals surface area contributed by atoms with Crippen molar-refractivity contribution in [2.45, 2.75) is 37.5 Å². The fourth-order valence-electron chi connectivity index (χ4n) is 4.22. The van der Waals surface area contributed by atoms with Crippen molar-refractivity contribution in [3.63, 3.8) is 0 Å². The Morgan fingerprint density at radius 2 is 1.80 bits per heavy atom. The molecule has 8 nitrogen and oxygen atoms in total. The SMILES string of the molecule is Cc1cccc(C(=O)N2CCc3cc(S(=O)(=O)N4CCCCC4)ccc32)c1[N+](=O)[O-]. The van der Waals surface area contributed by atoms with Crippen molar-refractivity contribution in [3.05, 3.63) is 63.2 Å². The van der Waals surface area contributed by atoms with Gasteiger partial charge in [-0.15, -0.1) is 0 Å². The number of nitro groups is 1. The highest BCUT2D eigenvalue weighted by Gasteiger charge is 2.33. The Kier molecular flexibility index (Phi) is 5.33. The van der Waals surface area contributed by atoms with Gasteiger partial charge in [0.25, 0.3) is 11.6 Å². The Balaban J connectivity index is 1.66. The largest absolute Gasteiger partial charge is 0.308 e. The van der Waals surface area contributed by atoms with Gasteiger partial charge in [0, 0.05) is 30.9 Å². The summed E-state index contributed by atoms with van der Waals surface area (Å²) in [5, 5.41) is 11.5. The quantitative estimate of drug-likeness (QED) is 0.548. The van der Waals surface area contributed by atoms with Crippen LogP contribution in [0, 0.1) is 17.0 Å². The van der Waals surface area contributed by atoms with E-state index in [0.29, 0.717) is 37.3 Å². The number of nitro benzene ring substituents is 1. The number of amides is 1. The second-order valence-electron chi connectivity index (χ2n) is 7.69. The number of nitrogens with zero attached hydrogens (tertiary/aromatic N) is 3. The Labute approximate surface area is 175 Å².